The predicted molar refractivity (Wildman–Crippen MR) is 81.8 cm³/mol. The Labute approximate surface area is 127 Å². The molecule has 1 amide bonds. The van der Waals surface area contributed by atoms with E-state index in [1.54, 1.807) is 12.1 Å². The molecule has 2 aromatic carbocycles. The molecular formula is C16H14ClNO3. The number of carbonyl (C=O) groups is 2. The molecule has 0 spiro atoms. The molecule has 0 heterocycles. The van der Waals surface area contributed by atoms with Crippen LogP contribution in [0.3, 0.4) is 0 Å². The highest BCUT2D eigenvalue weighted by molar-refractivity contribution is 6.32. The molecule has 0 aliphatic heterocycles. The molecule has 2 rings (SSSR count). The van der Waals surface area contributed by atoms with Crippen molar-refractivity contribution in [3.8, 4) is 0 Å². The number of hydrogen-bond donors (Lipinski definition) is 2. The van der Waals surface area contributed by atoms with Crippen molar-refractivity contribution < 1.29 is 14.7 Å². The van der Waals surface area contributed by atoms with Crippen molar-refractivity contribution >= 4 is 29.2 Å². The van der Waals surface area contributed by atoms with E-state index in [-0.39, 0.29) is 11.3 Å². The summed E-state index contributed by atoms with van der Waals surface area (Å²) in [6.45, 7) is 0. The summed E-state index contributed by atoms with van der Waals surface area (Å²) >= 11 is 6.09. The second-order valence-corrected chi connectivity index (χ2v) is 5.02. The number of aromatic carboxylic acids is 1. The summed E-state index contributed by atoms with van der Waals surface area (Å²) in [6, 6.07) is 15.6. The Kier molecular flexibility index (Phi) is 4.95. The van der Waals surface area contributed by atoms with Gasteiger partial charge >= 0.3 is 5.97 Å². The Hall–Kier alpha value is -2.33. The molecule has 108 valence electrons. The summed E-state index contributed by atoms with van der Waals surface area (Å²) in [5.74, 6) is -1.52. The molecule has 21 heavy (non-hydrogen) atoms. The number of carboxylic acids is 1. The zero-order valence-electron chi connectivity index (χ0n) is 11.1. The van der Waals surface area contributed by atoms with E-state index in [0.29, 0.717) is 6.42 Å². The quantitative estimate of drug-likeness (QED) is 0.834. The largest absolute Gasteiger partial charge is 0.478 e. The number of anilines is 1. The third-order valence-electron chi connectivity index (χ3n) is 2.96. The topological polar surface area (TPSA) is 66.4 Å². The molecule has 0 fully saturated rings. The Morgan fingerprint density at radius 3 is 2.33 bits per heavy atom. The number of hydrogen-bond acceptors (Lipinski definition) is 2. The van der Waals surface area contributed by atoms with Gasteiger partial charge in [-0.25, -0.2) is 4.79 Å². The van der Waals surface area contributed by atoms with Gasteiger partial charge in [0, 0.05) is 0 Å². The van der Waals surface area contributed by atoms with Crippen molar-refractivity contribution in [2.45, 2.75) is 11.8 Å². The van der Waals surface area contributed by atoms with E-state index in [4.69, 9.17) is 16.7 Å². The van der Waals surface area contributed by atoms with Crippen molar-refractivity contribution in [2.24, 2.45) is 0 Å². The molecule has 0 aromatic heterocycles. The average Bonchev–Trinajstić information content (AvgIpc) is 2.48. The standard InChI is InChI=1S/C16H14ClNO3/c17-13(10-11-6-2-1-3-7-11)15(19)18-14-9-5-4-8-12(14)16(20)21/h1-9,13H,10H2,(H,18,19)(H,20,21)/t13-/m0/s1. The average molecular weight is 304 g/mol. The number of carboxylic acid groups (broad SMARTS) is 1. The molecule has 5 heteroatoms. The van der Waals surface area contributed by atoms with Gasteiger partial charge in [-0.1, -0.05) is 42.5 Å². The van der Waals surface area contributed by atoms with Gasteiger partial charge < -0.3 is 10.4 Å². The Balaban J connectivity index is 2.06. The molecule has 4 nitrogen and oxygen atoms in total. The van der Waals surface area contributed by atoms with Crippen LogP contribution in [-0.2, 0) is 11.2 Å². The van der Waals surface area contributed by atoms with Gasteiger partial charge in [-0.3, -0.25) is 4.79 Å². The lowest BCUT2D eigenvalue weighted by atomic mass is 10.1. The van der Waals surface area contributed by atoms with Gasteiger partial charge in [0.15, 0.2) is 0 Å². The zero-order valence-corrected chi connectivity index (χ0v) is 11.9. The smallest absolute Gasteiger partial charge is 0.337 e. The first kappa shape index (κ1) is 15.1. The van der Waals surface area contributed by atoms with Crippen LogP contribution in [-0.4, -0.2) is 22.4 Å². The molecule has 1 atom stereocenters. The summed E-state index contributed by atoms with van der Waals surface area (Å²) in [7, 11) is 0. The molecular weight excluding hydrogens is 290 g/mol. The normalized spacial score (nSPS) is 11.7. The van der Waals surface area contributed by atoms with Crippen molar-refractivity contribution in [2.75, 3.05) is 5.32 Å². The fourth-order valence-corrected chi connectivity index (χ4v) is 2.14. The van der Waals surface area contributed by atoms with Crippen LogP contribution in [0.1, 0.15) is 15.9 Å². The van der Waals surface area contributed by atoms with Gasteiger partial charge in [-0.05, 0) is 24.1 Å². The lowest BCUT2D eigenvalue weighted by Gasteiger charge is -2.12. The van der Waals surface area contributed by atoms with Crippen LogP contribution in [0.25, 0.3) is 0 Å². The fraction of sp³-hybridized carbons (Fsp3) is 0.125. The molecule has 0 saturated carbocycles. The van der Waals surface area contributed by atoms with E-state index in [0.717, 1.165) is 5.56 Å². The highest BCUT2D eigenvalue weighted by Crippen LogP contribution is 2.17. The van der Waals surface area contributed by atoms with E-state index in [2.05, 4.69) is 5.32 Å². The molecule has 0 saturated heterocycles. The minimum absolute atomic E-state index is 0.0365. The predicted octanol–water partition coefficient (Wildman–Crippen LogP) is 3.17. The minimum atomic E-state index is -1.10. The summed E-state index contributed by atoms with van der Waals surface area (Å²) in [5.41, 5.74) is 1.22. The van der Waals surface area contributed by atoms with Crippen molar-refractivity contribution in [3.05, 3.63) is 65.7 Å². The Bertz CT molecular complexity index is 643. The second kappa shape index (κ2) is 6.90. The number of rotatable bonds is 5. The van der Waals surface area contributed by atoms with Crippen LogP contribution in [0.2, 0.25) is 0 Å². The first-order valence-electron chi connectivity index (χ1n) is 6.39. The molecule has 2 N–H and O–H groups in total. The number of amides is 1. The maximum absolute atomic E-state index is 12.1. The van der Waals surface area contributed by atoms with Crippen LogP contribution in [0.4, 0.5) is 5.69 Å². The van der Waals surface area contributed by atoms with E-state index in [1.807, 2.05) is 30.3 Å². The van der Waals surface area contributed by atoms with Crippen molar-refractivity contribution in [1.82, 2.24) is 0 Å². The van der Waals surface area contributed by atoms with Crippen molar-refractivity contribution in [3.63, 3.8) is 0 Å². The minimum Gasteiger partial charge on any atom is -0.478 e. The summed E-state index contributed by atoms with van der Waals surface area (Å²) in [4.78, 5) is 23.1. The molecule has 0 aliphatic carbocycles. The van der Waals surface area contributed by atoms with Gasteiger partial charge in [0.05, 0.1) is 11.3 Å². The maximum Gasteiger partial charge on any atom is 0.337 e. The number of para-hydroxylation sites is 1. The SMILES string of the molecule is O=C(O)c1ccccc1NC(=O)[C@@H](Cl)Cc1ccccc1. The third-order valence-corrected chi connectivity index (χ3v) is 3.31. The Morgan fingerprint density at radius 1 is 1.05 bits per heavy atom. The maximum atomic E-state index is 12.1. The summed E-state index contributed by atoms with van der Waals surface area (Å²) < 4.78 is 0. The van der Waals surface area contributed by atoms with Crippen molar-refractivity contribution in [1.29, 1.82) is 0 Å². The van der Waals surface area contributed by atoms with E-state index in [1.165, 1.54) is 12.1 Å². The van der Waals surface area contributed by atoms with Crippen LogP contribution < -0.4 is 5.32 Å². The number of benzene rings is 2. The molecule has 2 aromatic rings. The van der Waals surface area contributed by atoms with Gasteiger partial charge in [-0.15, -0.1) is 11.6 Å². The second-order valence-electron chi connectivity index (χ2n) is 4.50. The van der Waals surface area contributed by atoms with Crippen LogP contribution >= 0.6 is 11.6 Å². The first-order valence-corrected chi connectivity index (χ1v) is 6.83. The highest BCUT2D eigenvalue weighted by atomic mass is 35.5. The monoisotopic (exact) mass is 303 g/mol. The summed E-state index contributed by atoms with van der Waals surface area (Å²) in [5, 5.41) is 10.9. The third kappa shape index (κ3) is 4.07. The molecule has 0 bridgehead atoms. The van der Waals surface area contributed by atoms with E-state index >= 15 is 0 Å². The van der Waals surface area contributed by atoms with Crippen LogP contribution in [0.5, 0.6) is 0 Å². The number of carbonyl (C=O) groups excluding carboxylic acids is 1. The van der Waals surface area contributed by atoms with E-state index < -0.39 is 17.3 Å². The fourth-order valence-electron chi connectivity index (χ4n) is 1.90. The van der Waals surface area contributed by atoms with E-state index in [9.17, 15) is 9.59 Å². The number of nitrogens with one attached hydrogen (secondary N) is 1. The molecule has 0 radical (unpaired) electrons. The first-order chi connectivity index (χ1) is 10.1. The number of alkyl halides is 1. The molecule has 0 aliphatic rings. The van der Waals surface area contributed by atoms with Gasteiger partial charge in [0.1, 0.15) is 5.38 Å². The van der Waals surface area contributed by atoms with Crippen LogP contribution in [0.15, 0.2) is 54.6 Å². The lowest BCUT2D eigenvalue weighted by Crippen LogP contribution is -2.26. The van der Waals surface area contributed by atoms with Gasteiger partial charge in [0.2, 0.25) is 5.91 Å². The van der Waals surface area contributed by atoms with Gasteiger partial charge in [0.25, 0.3) is 0 Å². The molecule has 0 unspecified atom stereocenters. The number of halogens is 1. The zero-order chi connectivity index (χ0) is 15.2. The lowest BCUT2D eigenvalue weighted by molar-refractivity contribution is -0.115. The highest BCUT2D eigenvalue weighted by Gasteiger charge is 2.18. The van der Waals surface area contributed by atoms with Gasteiger partial charge in [-0.2, -0.15) is 0 Å². The van der Waals surface area contributed by atoms with Crippen LogP contribution in [0, 0.1) is 0 Å². The Morgan fingerprint density at radius 2 is 1.67 bits per heavy atom. The summed E-state index contributed by atoms with van der Waals surface area (Å²) in [6.07, 6.45) is 0.378.